The molecule has 0 saturated carbocycles. The molecule has 1 N–H and O–H groups in total. The topological polar surface area (TPSA) is 73.2 Å². The van der Waals surface area contributed by atoms with Crippen molar-refractivity contribution in [3.8, 4) is 0 Å². The van der Waals surface area contributed by atoms with Gasteiger partial charge in [0, 0.05) is 6.07 Å². The third-order valence-corrected chi connectivity index (χ3v) is 5.39. The number of aromatic nitrogens is 2. The summed E-state index contributed by atoms with van der Waals surface area (Å²) in [4.78, 5) is 25.1. The second-order valence-corrected chi connectivity index (χ2v) is 7.33. The highest BCUT2D eigenvalue weighted by Gasteiger charge is 2.37. The van der Waals surface area contributed by atoms with E-state index in [2.05, 4.69) is 10.4 Å². The van der Waals surface area contributed by atoms with E-state index in [1.165, 1.54) is 16.8 Å². The smallest absolute Gasteiger partial charge is 0.377 e. The van der Waals surface area contributed by atoms with Crippen LogP contribution < -0.4 is 10.9 Å². The van der Waals surface area contributed by atoms with Gasteiger partial charge in [-0.25, -0.2) is 4.68 Å². The molecule has 0 radical (unpaired) electrons. The number of carbonyl (C=O) groups excluding carboxylic acids is 1. The molecule has 29 heavy (non-hydrogen) atoms. The largest absolute Gasteiger partial charge is 0.417 e. The van der Waals surface area contributed by atoms with E-state index in [1.54, 1.807) is 6.07 Å². The molecule has 154 valence electrons. The van der Waals surface area contributed by atoms with Gasteiger partial charge in [0.05, 0.1) is 36.1 Å². The molecule has 1 aliphatic carbocycles. The van der Waals surface area contributed by atoms with E-state index in [4.69, 9.17) is 4.74 Å². The fourth-order valence-corrected chi connectivity index (χ4v) is 3.91. The summed E-state index contributed by atoms with van der Waals surface area (Å²) in [6, 6.07) is 4.95. The Labute approximate surface area is 164 Å². The molecule has 2 aromatic rings. The van der Waals surface area contributed by atoms with Crippen LogP contribution in [0.15, 0.2) is 35.1 Å². The lowest BCUT2D eigenvalue weighted by molar-refractivity contribution is -0.137. The molecular formula is C20H20F3N3O3. The van der Waals surface area contributed by atoms with Crippen LogP contribution in [0.2, 0.25) is 0 Å². The quantitative estimate of drug-likeness (QED) is 0.849. The predicted octanol–water partition coefficient (Wildman–Crippen LogP) is 2.51. The van der Waals surface area contributed by atoms with Gasteiger partial charge < -0.3 is 10.1 Å². The van der Waals surface area contributed by atoms with E-state index in [9.17, 15) is 22.8 Å². The molecule has 1 amide bonds. The van der Waals surface area contributed by atoms with Crippen molar-refractivity contribution in [3.63, 3.8) is 0 Å². The first-order valence-electron chi connectivity index (χ1n) is 9.51. The molecule has 2 heterocycles. The number of aryl methyl sites for hydroxylation is 2. The zero-order valence-corrected chi connectivity index (χ0v) is 15.5. The number of nitrogens with zero attached hydrogens (tertiary/aromatic N) is 2. The second kappa shape index (κ2) is 7.62. The van der Waals surface area contributed by atoms with Crippen molar-refractivity contribution in [3.05, 3.63) is 63.1 Å². The number of halogens is 3. The first-order chi connectivity index (χ1) is 13.8. The number of nitrogens with one attached hydrogen (secondary N) is 1. The van der Waals surface area contributed by atoms with Crippen LogP contribution in [0.25, 0.3) is 0 Å². The molecule has 1 aromatic heterocycles. The molecule has 0 spiro atoms. The SMILES string of the molecule is O=C(NC1COCC1n1nc2c(cc1=O)CCCC2)c1ccccc1C(F)(F)F. The predicted molar refractivity (Wildman–Crippen MR) is 97.7 cm³/mol. The highest BCUT2D eigenvalue weighted by molar-refractivity contribution is 5.96. The zero-order valence-electron chi connectivity index (χ0n) is 15.5. The summed E-state index contributed by atoms with van der Waals surface area (Å²) in [5, 5.41) is 7.07. The lowest BCUT2D eigenvalue weighted by Gasteiger charge is -2.23. The van der Waals surface area contributed by atoms with Crippen LogP contribution in [-0.2, 0) is 23.8 Å². The third kappa shape index (κ3) is 3.91. The first kappa shape index (κ1) is 19.6. The van der Waals surface area contributed by atoms with Crippen molar-refractivity contribution in [1.29, 1.82) is 0 Å². The molecule has 9 heteroatoms. The number of fused-ring (bicyclic) bond motifs is 1. The van der Waals surface area contributed by atoms with E-state index in [1.807, 2.05) is 0 Å². The number of benzene rings is 1. The Morgan fingerprint density at radius 1 is 1.17 bits per heavy atom. The number of carbonyl (C=O) groups is 1. The number of amides is 1. The maximum atomic E-state index is 13.2. The Hall–Kier alpha value is -2.68. The summed E-state index contributed by atoms with van der Waals surface area (Å²) in [7, 11) is 0. The van der Waals surface area contributed by atoms with E-state index >= 15 is 0 Å². The normalized spacial score (nSPS) is 21.6. The van der Waals surface area contributed by atoms with Crippen molar-refractivity contribution in [2.45, 2.75) is 43.9 Å². The Bertz CT molecular complexity index is 987. The summed E-state index contributed by atoms with van der Waals surface area (Å²) in [5.41, 5.74) is 0.0378. The van der Waals surface area contributed by atoms with Gasteiger partial charge >= 0.3 is 6.18 Å². The number of alkyl halides is 3. The molecule has 1 aromatic carbocycles. The van der Waals surface area contributed by atoms with Gasteiger partial charge in [-0.15, -0.1) is 0 Å². The second-order valence-electron chi connectivity index (χ2n) is 7.33. The molecule has 1 saturated heterocycles. The van der Waals surface area contributed by atoms with Gasteiger partial charge in [0.1, 0.15) is 6.04 Å². The first-order valence-corrected chi connectivity index (χ1v) is 9.51. The summed E-state index contributed by atoms with van der Waals surface area (Å²) in [6.45, 7) is 0.243. The van der Waals surface area contributed by atoms with Crippen LogP contribution >= 0.6 is 0 Å². The molecule has 0 bridgehead atoms. The average molecular weight is 407 g/mol. The van der Waals surface area contributed by atoms with E-state index < -0.39 is 35.3 Å². The third-order valence-electron chi connectivity index (χ3n) is 5.39. The molecule has 1 aliphatic heterocycles. The van der Waals surface area contributed by atoms with Crippen molar-refractivity contribution in [2.24, 2.45) is 0 Å². The fourth-order valence-electron chi connectivity index (χ4n) is 3.91. The van der Waals surface area contributed by atoms with E-state index in [0.29, 0.717) is 0 Å². The molecular weight excluding hydrogens is 387 g/mol. The lowest BCUT2D eigenvalue weighted by atomic mass is 9.97. The number of hydrogen-bond acceptors (Lipinski definition) is 4. The van der Waals surface area contributed by atoms with Gasteiger partial charge in [0.25, 0.3) is 11.5 Å². The van der Waals surface area contributed by atoms with Crippen molar-refractivity contribution in [2.75, 3.05) is 13.2 Å². The summed E-state index contributed by atoms with van der Waals surface area (Å²) in [6.07, 6.45) is -1.04. The molecule has 6 nitrogen and oxygen atoms in total. The van der Waals surface area contributed by atoms with Crippen molar-refractivity contribution >= 4 is 5.91 Å². The van der Waals surface area contributed by atoms with Crippen LogP contribution in [0.4, 0.5) is 13.2 Å². The van der Waals surface area contributed by atoms with Gasteiger partial charge in [0.15, 0.2) is 0 Å². The van der Waals surface area contributed by atoms with Crippen LogP contribution in [0.5, 0.6) is 0 Å². The molecule has 2 atom stereocenters. The summed E-state index contributed by atoms with van der Waals surface area (Å²) >= 11 is 0. The number of hydrogen-bond donors (Lipinski definition) is 1. The van der Waals surface area contributed by atoms with E-state index in [0.717, 1.165) is 49.1 Å². The monoisotopic (exact) mass is 407 g/mol. The van der Waals surface area contributed by atoms with Gasteiger partial charge in [-0.3, -0.25) is 9.59 Å². The number of rotatable bonds is 3. The van der Waals surface area contributed by atoms with Gasteiger partial charge in [-0.05, 0) is 43.4 Å². The molecule has 4 rings (SSSR count). The van der Waals surface area contributed by atoms with Crippen LogP contribution in [0, 0.1) is 0 Å². The van der Waals surface area contributed by atoms with Gasteiger partial charge in [0.2, 0.25) is 0 Å². The van der Waals surface area contributed by atoms with Crippen LogP contribution in [-0.4, -0.2) is 34.9 Å². The molecule has 2 unspecified atom stereocenters. The standard InChI is InChI=1S/C20H20F3N3O3/c21-20(22,23)14-7-3-2-6-13(14)19(28)24-16-10-29-11-17(16)26-18(27)9-12-5-1-4-8-15(12)25-26/h2-3,6-7,9,16-17H,1,4-5,8,10-11H2,(H,24,28). The lowest BCUT2D eigenvalue weighted by Crippen LogP contribution is -2.44. The van der Waals surface area contributed by atoms with Gasteiger partial charge in [-0.1, -0.05) is 12.1 Å². The highest BCUT2D eigenvalue weighted by Crippen LogP contribution is 2.32. The van der Waals surface area contributed by atoms with Crippen molar-refractivity contribution in [1.82, 2.24) is 15.1 Å². The Morgan fingerprint density at radius 3 is 2.72 bits per heavy atom. The van der Waals surface area contributed by atoms with E-state index in [-0.39, 0.29) is 18.8 Å². The fraction of sp³-hybridized carbons (Fsp3) is 0.450. The molecule has 1 fully saturated rings. The number of ether oxygens (including phenoxy) is 1. The van der Waals surface area contributed by atoms with Gasteiger partial charge in [-0.2, -0.15) is 18.3 Å². The minimum atomic E-state index is -4.64. The summed E-state index contributed by atoms with van der Waals surface area (Å²) in [5.74, 6) is -0.857. The molecule has 2 aliphatic rings. The highest BCUT2D eigenvalue weighted by atomic mass is 19.4. The average Bonchev–Trinajstić information content (AvgIpc) is 3.14. The Balaban J connectivity index is 1.59. The zero-order chi connectivity index (χ0) is 20.6. The van der Waals surface area contributed by atoms with Crippen LogP contribution in [0.3, 0.4) is 0 Å². The summed E-state index contributed by atoms with van der Waals surface area (Å²) < 4.78 is 46.4. The van der Waals surface area contributed by atoms with Crippen LogP contribution in [0.1, 0.15) is 46.1 Å². The minimum absolute atomic E-state index is 0.0931. The maximum Gasteiger partial charge on any atom is 0.417 e. The Kier molecular flexibility index (Phi) is 5.16. The minimum Gasteiger partial charge on any atom is -0.377 e. The van der Waals surface area contributed by atoms with Crippen molar-refractivity contribution < 1.29 is 22.7 Å². The Morgan fingerprint density at radius 2 is 1.93 bits per heavy atom. The maximum absolute atomic E-state index is 13.2.